The van der Waals surface area contributed by atoms with Crippen LogP contribution in [0.1, 0.15) is 27.3 Å². The smallest absolute Gasteiger partial charge is 0.250 e. The number of rotatable bonds is 1. The first-order valence-electron chi connectivity index (χ1n) is 5.61. The number of carbonyl (C=O) groups excluding carboxylic acids is 1. The number of amides is 1. The van der Waals surface area contributed by atoms with Gasteiger partial charge < -0.3 is 5.73 Å². The Bertz CT molecular complexity index is 699. The Kier molecular flexibility index (Phi) is 3.58. The number of pyridine rings is 1. The largest absolute Gasteiger partial charge is 0.366 e. The van der Waals surface area contributed by atoms with Crippen molar-refractivity contribution < 1.29 is 9.18 Å². The van der Waals surface area contributed by atoms with E-state index in [9.17, 15) is 9.18 Å². The van der Waals surface area contributed by atoms with Gasteiger partial charge in [-0.25, -0.2) is 9.37 Å². The van der Waals surface area contributed by atoms with Gasteiger partial charge in [0, 0.05) is 5.56 Å². The molecule has 0 bridgehead atoms. The predicted octanol–water partition coefficient (Wildman–Crippen LogP) is 2.03. The van der Waals surface area contributed by atoms with Crippen LogP contribution >= 0.6 is 0 Å². The third-order valence-electron chi connectivity index (χ3n) is 2.51. The van der Waals surface area contributed by atoms with E-state index in [2.05, 4.69) is 16.8 Å². The van der Waals surface area contributed by atoms with E-state index in [1.807, 2.05) is 0 Å². The van der Waals surface area contributed by atoms with Crippen molar-refractivity contribution >= 4 is 5.91 Å². The molecule has 1 aromatic heterocycles. The second-order valence-corrected chi connectivity index (χ2v) is 3.95. The lowest BCUT2D eigenvalue weighted by Crippen LogP contribution is -2.13. The molecule has 1 heterocycles. The minimum absolute atomic E-state index is 0.333. The van der Waals surface area contributed by atoms with E-state index in [1.54, 1.807) is 31.2 Å². The van der Waals surface area contributed by atoms with Crippen molar-refractivity contribution in [1.29, 1.82) is 0 Å². The van der Waals surface area contributed by atoms with Crippen molar-refractivity contribution in [3.63, 3.8) is 0 Å². The molecule has 2 aromatic rings. The van der Waals surface area contributed by atoms with Gasteiger partial charge in [-0.3, -0.25) is 4.79 Å². The molecule has 0 atom stereocenters. The van der Waals surface area contributed by atoms with Crippen LogP contribution in [0.25, 0.3) is 0 Å². The molecule has 0 aliphatic rings. The van der Waals surface area contributed by atoms with Crippen LogP contribution in [0.15, 0.2) is 36.4 Å². The summed E-state index contributed by atoms with van der Waals surface area (Å²) in [6.45, 7) is 1.69. The summed E-state index contributed by atoms with van der Waals surface area (Å²) >= 11 is 0. The minimum Gasteiger partial charge on any atom is -0.366 e. The monoisotopic (exact) mass is 254 g/mol. The van der Waals surface area contributed by atoms with Gasteiger partial charge in [0.25, 0.3) is 5.91 Å². The lowest BCUT2D eigenvalue weighted by molar-refractivity contribution is 0.0999. The van der Waals surface area contributed by atoms with E-state index in [0.717, 1.165) is 0 Å². The zero-order valence-corrected chi connectivity index (χ0v) is 10.3. The Labute approximate surface area is 110 Å². The van der Waals surface area contributed by atoms with Crippen LogP contribution in [-0.4, -0.2) is 10.9 Å². The maximum Gasteiger partial charge on any atom is 0.250 e. The number of primary amides is 1. The van der Waals surface area contributed by atoms with Gasteiger partial charge in [0.1, 0.15) is 11.5 Å². The van der Waals surface area contributed by atoms with Crippen molar-refractivity contribution in [2.45, 2.75) is 6.92 Å². The molecule has 0 aliphatic heterocycles. The second kappa shape index (κ2) is 5.32. The van der Waals surface area contributed by atoms with Gasteiger partial charge in [-0.2, -0.15) is 0 Å². The SMILES string of the molecule is Cc1nc(C#Cc2cccc(F)c2)ccc1C(N)=O. The van der Waals surface area contributed by atoms with E-state index in [-0.39, 0.29) is 5.82 Å². The summed E-state index contributed by atoms with van der Waals surface area (Å²) in [5.74, 6) is 4.77. The highest BCUT2D eigenvalue weighted by molar-refractivity contribution is 5.93. The minimum atomic E-state index is -0.519. The molecule has 3 nitrogen and oxygen atoms in total. The molecular weight excluding hydrogens is 243 g/mol. The molecule has 0 saturated carbocycles. The number of nitrogens with two attached hydrogens (primary N) is 1. The van der Waals surface area contributed by atoms with Crippen molar-refractivity contribution in [3.8, 4) is 11.8 Å². The summed E-state index contributed by atoms with van der Waals surface area (Å²) in [6, 6.07) is 9.20. The first-order chi connectivity index (χ1) is 9.06. The molecule has 2 N–H and O–H groups in total. The Morgan fingerprint density at radius 2 is 2.05 bits per heavy atom. The Balaban J connectivity index is 2.30. The van der Waals surface area contributed by atoms with Gasteiger partial charge in [-0.05, 0) is 43.2 Å². The molecular formula is C15H11FN2O. The van der Waals surface area contributed by atoms with Crippen LogP contribution in [0.2, 0.25) is 0 Å². The second-order valence-electron chi connectivity index (χ2n) is 3.95. The Morgan fingerprint density at radius 1 is 1.26 bits per heavy atom. The molecule has 1 amide bonds. The lowest BCUT2D eigenvalue weighted by Gasteiger charge is -2.00. The molecule has 0 radical (unpaired) electrons. The van der Waals surface area contributed by atoms with E-state index in [4.69, 9.17) is 5.73 Å². The summed E-state index contributed by atoms with van der Waals surface area (Å²) in [4.78, 5) is 15.2. The number of benzene rings is 1. The number of aromatic nitrogens is 1. The van der Waals surface area contributed by atoms with Crippen molar-refractivity contribution in [2.75, 3.05) is 0 Å². The highest BCUT2D eigenvalue weighted by Crippen LogP contribution is 2.06. The standard InChI is InChI=1S/C15H11FN2O/c1-10-14(15(17)19)8-7-13(18-10)6-5-11-3-2-4-12(16)9-11/h2-4,7-9H,1H3,(H2,17,19). The molecule has 1 aromatic carbocycles. The molecule has 19 heavy (non-hydrogen) atoms. The Morgan fingerprint density at radius 3 is 2.68 bits per heavy atom. The summed E-state index contributed by atoms with van der Waals surface area (Å²) in [5.41, 5.74) is 7.16. The van der Waals surface area contributed by atoms with Gasteiger partial charge in [0.2, 0.25) is 0 Å². The van der Waals surface area contributed by atoms with Gasteiger partial charge in [-0.15, -0.1) is 0 Å². The average Bonchev–Trinajstić information content (AvgIpc) is 2.36. The highest BCUT2D eigenvalue weighted by Gasteiger charge is 2.05. The normalized spacial score (nSPS) is 9.58. The summed E-state index contributed by atoms with van der Waals surface area (Å²) in [5, 5.41) is 0. The highest BCUT2D eigenvalue weighted by atomic mass is 19.1. The number of hydrogen-bond acceptors (Lipinski definition) is 2. The van der Waals surface area contributed by atoms with Crippen LogP contribution in [-0.2, 0) is 0 Å². The van der Waals surface area contributed by atoms with Crippen LogP contribution < -0.4 is 5.73 Å². The van der Waals surface area contributed by atoms with Crippen molar-refractivity contribution in [2.24, 2.45) is 5.73 Å². The van der Waals surface area contributed by atoms with Crippen molar-refractivity contribution in [3.05, 3.63) is 64.7 Å². The molecule has 0 saturated heterocycles. The topological polar surface area (TPSA) is 56.0 Å². The number of halogens is 1. The quantitative estimate of drug-likeness (QED) is 0.792. The van der Waals surface area contributed by atoms with Crippen LogP contribution in [0.4, 0.5) is 4.39 Å². The Hall–Kier alpha value is -2.67. The summed E-state index contributed by atoms with van der Waals surface area (Å²) in [7, 11) is 0. The van der Waals surface area contributed by atoms with Gasteiger partial charge in [0.15, 0.2) is 0 Å². The zero-order chi connectivity index (χ0) is 13.8. The van der Waals surface area contributed by atoms with E-state index in [1.165, 1.54) is 12.1 Å². The first-order valence-corrected chi connectivity index (χ1v) is 5.61. The van der Waals surface area contributed by atoms with E-state index < -0.39 is 5.91 Å². The number of nitrogens with zero attached hydrogens (tertiary/aromatic N) is 1. The first kappa shape index (κ1) is 12.8. The molecule has 0 fully saturated rings. The molecule has 0 aliphatic carbocycles. The average molecular weight is 254 g/mol. The molecule has 94 valence electrons. The number of aryl methyl sites for hydroxylation is 1. The van der Waals surface area contributed by atoms with Crippen LogP contribution in [0, 0.1) is 24.6 Å². The lowest BCUT2D eigenvalue weighted by atomic mass is 10.1. The zero-order valence-electron chi connectivity index (χ0n) is 10.3. The predicted molar refractivity (Wildman–Crippen MR) is 69.9 cm³/mol. The third-order valence-corrected chi connectivity index (χ3v) is 2.51. The molecule has 4 heteroatoms. The van der Waals surface area contributed by atoms with Crippen LogP contribution in [0.5, 0.6) is 0 Å². The third kappa shape index (κ3) is 3.17. The maximum atomic E-state index is 13.0. The molecule has 2 rings (SSSR count). The van der Waals surface area contributed by atoms with E-state index >= 15 is 0 Å². The fraction of sp³-hybridized carbons (Fsp3) is 0.0667. The maximum absolute atomic E-state index is 13.0. The van der Waals surface area contributed by atoms with Crippen LogP contribution in [0.3, 0.4) is 0 Å². The summed E-state index contributed by atoms with van der Waals surface area (Å²) in [6.07, 6.45) is 0. The molecule has 0 unspecified atom stereocenters. The number of carbonyl (C=O) groups is 1. The summed E-state index contributed by atoms with van der Waals surface area (Å²) < 4.78 is 13.0. The van der Waals surface area contributed by atoms with Gasteiger partial charge in [-0.1, -0.05) is 12.0 Å². The fourth-order valence-corrected chi connectivity index (χ4v) is 1.59. The fourth-order valence-electron chi connectivity index (χ4n) is 1.59. The number of hydrogen-bond donors (Lipinski definition) is 1. The van der Waals surface area contributed by atoms with Gasteiger partial charge in [0.05, 0.1) is 11.3 Å². The van der Waals surface area contributed by atoms with Crippen molar-refractivity contribution in [1.82, 2.24) is 4.98 Å². The molecule has 0 spiro atoms. The van der Waals surface area contributed by atoms with Gasteiger partial charge >= 0.3 is 0 Å². The van der Waals surface area contributed by atoms with E-state index in [0.29, 0.717) is 22.5 Å².